The third-order valence-electron chi connectivity index (χ3n) is 3.98. The van der Waals surface area contributed by atoms with E-state index in [-0.39, 0.29) is 5.56 Å². The SMILES string of the molecule is Cc1csc(NCC2CCCCN2c2ccc(=O)n(C)n2)n1. The highest BCUT2D eigenvalue weighted by atomic mass is 32.1. The average molecular weight is 319 g/mol. The highest BCUT2D eigenvalue weighted by molar-refractivity contribution is 7.13. The number of hydrogen-bond donors (Lipinski definition) is 1. The second kappa shape index (κ2) is 6.48. The molecule has 22 heavy (non-hydrogen) atoms. The molecule has 1 saturated heterocycles. The van der Waals surface area contributed by atoms with Crippen molar-refractivity contribution in [3.63, 3.8) is 0 Å². The smallest absolute Gasteiger partial charge is 0.266 e. The quantitative estimate of drug-likeness (QED) is 0.934. The summed E-state index contributed by atoms with van der Waals surface area (Å²) in [5.41, 5.74) is 0.974. The third kappa shape index (κ3) is 3.30. The molecule has 2 aromatic rings. The second-order valence-electron chi connectivity index (χ2n) is 5.67. The standard InChI is InChI=1S/C15H21N5OS/c1-11-10-22-15(17-11)16-9-12-5-3-4-8-20(12)13-6-7-14(21)19(2)18-13/h6-7,10,12H,3-5,8-9H2,1-2H3,(H,16,17). The van der Waals surface area contributed by atoms with Crippen molar-refractivity contribution in [3.8, 4) is 0 Å². The van der Waals surface area contributed by atoms with Gasteiger partial charge in [-0.15, -0.1) is 11.3 Å². The van der Waals surface area contributed by atoms with Crippen LogP contribution in [-0.4, -0.2) is 33.9 Å². The lowest BCUT2D eigenvalue weighted by Gasteiger charge is -2.36. The number of aryl methyl sites for hydroxylation is 2. The fourth-order valence-corrected chi connectivity index (χ4v) is 3.50. The molecule has 0 saturated carbocycles. The van der Waals surface area contributed by atoms with Gasteiger partial charge in [0.15, 0.2) is 5.13 Å². The van der Waals surface area contributed by atoms with Crippen LogP contribution in [0.5, 0.6) is 0 Å². The van der Waals surface area contributed by atoms with Gasteiger partial charge in [0.05, 0.1) is 5.69 Å². The maximum absolute atomic E-state index is 11.5. The third-order valence-corrected chi connectivity index (χ3v) is 4.89. The van der Waals surface area contributed by atoms with Crippen LogP contribution >= 0.6 is 11.3 Å². The Morgan fingerprint density at radius 3 is 3.00 bits per heavy atom. The normalized spacial score (nSPS) is 18.5. The molecule has 1 atom stereocenters. The van der Waals surface area contributed by atoms with Gasteiger partial charge in [0.2, 0.25) is 0 Å². The Kier molecular flexibility index (Phi) is 4.42. The van der Waals surface area contributed by atoms with E-state index in [1.165, 1.54) is 11.1 Å². The predicted octanol–water partition coefficient (Wildman–Crippen LogP) is 2.02. The van der Waals surface area contributed by atoms with Crippen LogP contribution in [0.3, 0.4) is 0 Å². The Bertz CT molecular complexity index is 695. The number of anilines is 2. The first-order valence-electron chi connectivity index (χ1n) is 7.60. The average Bonchev–Trinajstić information content (AvgIpc) is 2.94. The van der Waals surface area contributed by atoms with E-state index in [0.29, 0.717) is 6.04 Å². The van der Waals surface area contributed by atoms with Gasteiger partial charge < -0.3 is 10.2 Å². The number of thiazole rings is 1. The Morgan fingerprint density at radius 2 is 2.27 bits per heavy atom. The highest BCUT2D eigenvalue weighted by Crippen LogP contribution is 2.23. The Labute approximate surface area is 133 Å². The van der Waals surface area contributed by atoms with Gasteiger partial charge >= 0.3 is 0 Å². The molecule has 0 aliphatic carbocycles. The van der Waals surface area contributed by atoms with Gasteiger partial charge in [0.1, 0.15) is 5.82 Å². The van der Waals surface area contributed by atoms with E-state index in [1.54, 1.807) is 24.5 Å². The van der Waals surface area contributed by atoms with Crippen molar-refractivity contribution >= 4 is 22.3 Å². The zero-order valence-electron chi connectivity index (χ0n) is 13.0. The van der Waals surface area contributed by atoms with E-state index >= 15 is 0 Å². The van der Waals surface area contributed by atoms with Gasteiger partial charge in [-0.25, -0.2) is 9.67 Å². The molecule has 118 valence electrons. The summed E-state index contributed by atoms with van der Waals surface area (Å²) >= 11 is 1.64. The molecule has 6 nitrogen and oxygen atoms in total. The van der Waals surface area contributed by atoms with Crippen molar-refractivity contribution < 1.29 is 0 Å². The van der Waals surface area contributed by atoms with Crippen LogP contribution in [0, 0.1) is 6.92 Å². The molecule has 1 aliphatic rings. The summed E-state index contributed by atoms with van der Waals surface area (Å²) in [6.07, 6.45) is 3.52. The fourth-order valence-electron chi connectivity index (χ4n) is 2.80. The molecule has 0 amide bonds. The van der Waals surface area contributed by atoms with E-state index in [1.807, 2.05) is 13.0 Å². The van der Waals surface area contributed by atoms with Crippen LogP contribution in [0.15, 0.2) is 22.3 Å². The van der Waals surface area contributed by atoms with E-state index in [0.717, 1.165) is 42.6 Å². The molecule has 3 rings (SSSR count). The lowest BCUT2D eigenvalue weighted by atomic mass is 10.0. The number of nitrogens with zero attached hydrogens (tertiary/aromatic N) is 4. The van der Waals surface area contributed by atoms with Crippen molar-refractivity contribution in [2.24, 2.45) is 7.05 Å². The van der Waals surface area contributed by atoms with Gasteiger partial charge in [-0.2, -0.15) is 5.10 Å². The van der Waals surface area contributed by atoms with Gasteiger partial charge in [-0.05, 0) is 32.3 Å². The van der Waals surface area contributed by atoms with Crippen LogP contribution in [0.2, 0.25) is 0 Å². The Morgan fingerprint density at radius 1 is 1.41 bits per heavy atom. The topological polar surface area (TPSA) is 63.1 Å². The molecular weight excluding hydrogens is 298 g/mol. The number of aromatic nitrogens is 3. The van der Waals surface area contributed by atoms with Gasteiger partial charge in [-0.1, -0.05) is 0 Å². The summed E-state index contributed by atoms with van der Waals surface area (Å²) < 4.78 is 1.40. The lowest BCUT2D eigenvalue weighted by molar-refractivity contribution is 0.464. The van der Waals surface area contributed by atoms with Crippen molar-refractivity contribution in [3.05, 3.63) is 33.6 Å². The molecule has 1 unspecified atom stereocenters. The first kappa shape index (κ1) is 15.0. The maximum atomic E-state index is 11.5. The minimum atomic E-state index is -0.0753. The predicted molar refractivity (Wildman–Crippen MR) is 89.8 cm³/mol. The summed E-state index contributed by atoms with van der Waals surface area (Å²) in [5, 5.41) is 10.8. The Balaban J connectivity index is 1.72. The summed E-state index contributed by atoms with van der Waals surface area (Å²) in [6.45, 7) is 3.83. The molecule has 0 radical (unpaired) electrons. The lowest BCUT2D eigenvalue weighted by Crippen LogP contribution is -2.44. The summed E-state index contributed by atoms with van der Waals surface area (Å²) in [7, 11) is 1.70. The summed E-state index contributed by atoms with van der Waals surface area (Å²) in [4.78, 5) is 18.3. The Hall–Kier alpha value is -1.89. The zero-order chi connectivity index (χ0) is 15.5. The molecule has 7 heteroatoms. The first-order chi connectivity index (χ1) is 10.6. The largest absolute Gasteiger partial charge is 0.359 e. The molecular formula is C15H21N5OS. The van der Waals surface area contributed by atoms with Crippen LogP contribution in [0.25, 0.3) is 0 Å². The van der Waals surface area contributed by atoms with Crippen molar-refractivity contribution in [2.75, 3.05) is 23.3 Å². The van der Waals surface area contributed by atoms with Crippen molar-refractivity contribution in [1.29, 1.82) is 0 Å². The molecule has 1 aliphatic heterocycles. The maximum Gasteiger partial charge on any atom is 0.266 e. The van der Waals surface area contributed by atoms with Crippen LogP contribution in [0.4, 0.5) is 10.9 Å². The number of hydrogen-bond acceptors (Lipinski definition) is 6. The molecule has 0 aromatic carbocycles. The summed E-state index contributed by atoms with van der Waals surface area (Å²) in [5.74, 6) is 0.879. The van der Waals surface area contributed by atoms with Crippen LogP contribution in [0.1, 0.15) is 25.0 Å². The highest BCUT2D eigenvalue weighted by Gasteiger charge is 2.24. The monoisotopic (exact) mass is 319 g/mol. The van der Waals surface area contributed by atoms with Gasteiger partial charge in [-0.3, -0.25) is 4.79 Å². The van der Waals surface area contributed by atoms with E-state index in [4.69, 9.17) is 0 Å². The van der Waals surface area contributed by atoms with Crippen LogP contribution < -0.4 is 15.8 Å². The van der Waals surface area contributed by atoms with E-state index in [9.17, 15) is 4.79 Å². The second-order valence-corrected chi connectivity index (χ2v) is 6.53. The minimum absolute atomic E-state index is 0.0753. The van der Waals surface area contributed by atoms with Crippen LogP contribution in [-0.2, 0) is 7.05 Å². The van der Waals surface area contributed by atoms with Crippen molar-refractivity contribution in [2.45, 2.75) is 32.2 Å². The fraction of sp³-hybridized carbons (Fsp3) is 0.533. The summed E-state index contributed by atoms with van der Waals surface area (Å²) in [6, 6.07) is 3.79. The molecule has 0 bridgehead atoms. The van der Waals surface area contributed by atoms with Crippen molar-refractivity contribution in [1.82, 2.24) is 14.8 Å². The number of piperidine rings is 1. The number of rotatable bonds is 4. The van der Waals surface area contributed by atoms with E-state index < -0.39 is 0 Å². The molecule has 1 fully saturated rings. The molecule has 3 heterocycles. The van der Waals surface area contributed by atoms with E-state index in [2.05, 4.69) is 25.7 Å². The zero-order valence-corrected chi connectivity index (χ0v) is 13.8. The number of nitrogens with one attached hydrogen (secondary N) is 1. The molecule has 2 aromatic heterocycles. The first-order valence-corrected chi connectivity index (χ1v) is 8.48. The van der Waals surface area contributed by atoms with Gasteiger partial charge in [0, 0.05) is 37.6 Å². The molecule has 1 N–H and O–H groups in total. The molecule has 0 spiro atoms. The van der Waals surface area contributed by atoms with Gasteiger partial charge in [0.25, 0.3) is 5.56 Å². The minimum Gasteiger partial charge on any atom is -0.359 e.